The molecular weight excluding hydrogens is 332 g/mol. The van der Waals surface area contributed by atoms with Crippen LogP contribution in [0.25, 0.3) is 6.08 Å². The van der Waals surface area contributed by atoms with E-state index < -0.39 is 11.8 Å². The highest BCUT2D eigenvalue weighted by Gasteiger charge is 2.34. The van der Waals surface area contributed by atoms with Crippen molar-refractivity contribution in [3.63, 3.8) is 0 Å². The van der Waals surface area contributed by atoms with Crippen LogP contribution in [0.4, 0.5) is 5.69 Å². The van der Waals surface area contributed by atoms with Gasteiger partial charge in [0.1, 0.15) is 17.1 Å². The zero-order chi connectivity index (χ0) is 18.8. The fourth-order valence-electron chi connectivity index (χ4n) is 2.70. The first-order chi connectivity index (χ1) is 12.4. The molecule has 1 N–H and O–H groups in total. The molecule has 1 heterocycles. The molecule has 0 saturated carbocycles. The number of ether oxygens (including phenoxy) is 2. The summed E-state index contributed by atoms with van der Waals surface area (Å²) in [4.78, 5) is 25.1. The number of benzene rings is 2. The van der Waals surface area contributed by atoms with Crippen LogP contribution < -0.4 is 19.9 Å². The number of hydrogen-bond acceptors (Lipinski definition) is 4. The van der Waals surface area contributed by atoms with Gasteiger partial charge in [0.15, 0.2) is 0 Å². The van der Waals surface area contributed by atoms with E-state index in [4.69, 9.17) is 9.47 Å². The molecule has 1 aliphatic heterocycles. The summed E-state index contributed by atoms with van der Waals surface area (Å²) in [5, 5.41) is 1.26. The molecule has 1 aliphatic rings. The molecule has 6 nitrogen and oxygen atoms in total. The number of aryl methyl sites for hydroxylation is 2. The molecule has 134 valence electrons. The third kappa shape index (κ3) is 3.13. The van der Waals surface area contributed by atoms with Crippen molar-refractivity contribution in [2.75, 3.05) is 19.2 Å². The predicted octanol–water partition coefficient (Wildman–Crippen LogP) is 2.78. The fourth-order valence-corrected chi connectivity index (χ4v) is 2.70. The van der Waals surface area contributed by atoms with Gasteiger partial charge in [-0.15, -0.1) is 0 Å². The van der Waals surface area contributed by atoms with E-state index in [2.05, 4.69) is 5.43 Å². The summed E-state index contributed by atoms with van der Waals surface area (Å²) in [5.74, 6) is 0.285. The van der Waals surface area contributed by atoms with Gasteiger partial charge in [-0.3, -0.25) is 15.0 Å². The van der Waals surface area contributed by atoms with Crippen molar-refractivity contribution < 1.29 is 19.1 Å². The number of nitrogens with one attached hydrogen (secondary N) is 1. The molecule has 6 heteroatoms. The first kappa shape index (κ1) is 17.5. The van der Waals surface area contributed by atoms with E-state index in [-0.39, 0.29) is 5.57 Å². The maximum absolute atomic E-state index is 12.7. The number of carbonyl (C=O) groups excluding carboxylic acids is 2. The van der Waals surface area contributed by atoms with Crippen LogP contribution in [0.1, 0.15) is 16.7 Å². The van der Waals surface area contributed by atoms with Crippen molar-refractivity contribution in [3.8, 4) is 11.5 Å². The van der Waals surface area contributed by atoms with Gasteiger partial charge in [-0.05, 0) is 55.3 Å². The Hall–Kier alpha value is -3.28. The maximum Gasteiger partial charge on any atom is 0.282 e. The molecule has 26 heavy (non-hydrogen) atoms. The number of carbonyl (C=O) groups is 2. The number of rotatable bonds is 4. The summed E-state index contributed by atoms with van der Waals surface area (Å²) in [5.41, 5.74) is 6.05. The third-order valence-corrected chi connectivity index (χ3v) is 4.38. The quantitative estimate of drug-likeness (QED) is 0.679. The lowest BCUT2D eigenvalue weighted by Gasteiger charge is -2.16. The number of hydrazine groups is 1. The highest BCUT2D eigenvalue weighted by molar-refractivity contribution is 6.31. The SMILES string of the molecule is COc1ccc(/C=C2\C(=O)NN(c3ccc(C)c(C)c3)C2=O)c(OC)c1. The summed E-state index contributed by atoms with van der Waals surface area (Å²) in [7, 11) is 3.08. The van der Waals surface area contributed by atoms with Crippen molar-refractivity contribution >= 4 is 23.6 Å². The minimum Gasteiger partial charge on any atom is -0.497 e. The monoisotopic (exact) mass is 352 g/mol. The van der Waals surface area contributed by atoms with Crippen molar-refractivity contribution in [1.82, 2.24) is 5.43 Å². The Morgan fingerprint density at radius 3 is 2.38 bits per heavy atom. The minimum absolute atomic E-state index is 0.0479. The lowest BCUT2D eigenvalue weighted by Crippen LogP contribution is -2.35. The van der Waals surface area contributed by atoms with E-state index in [9.17, 15) is 9.59 Å². The van der Waals surface area contributed by atoms with E-state index >= 15 is 0 Å². The molecule has 1 fully saturated rings. The molecule has 0 aromatic heterocycles. The molecular formula is C20H20N2O4. The Balaban J connectivity index is 1.96. The van der Waals surface area contributed by atoms with Crippen LogP contribution >= 0.6 is 0 Å². The van der Waals surface area contributed by atoms with Crippen LogP contribution in [-0.4, -0.2) is 26.0 Å². The molecule has 0 bridgehead atoms. The van der Waals surface area contributed by atoms with Crippen molar-refractivity contribution in [3.05, 3.63) is 58.7 Å². The molecule has 2 amide bonds. The van der Waals surface area contributed by atoms with Gasteiger partial charge in [0.05, 0.1) is 19.9 Å². The van der Waals surface area contributed by atoms with Crippen LogP contribution in [-0.2, 0) is 9.59 Å². The number of methoxy groups -OCH3 is 2. The summed E-state index contributed by atoms with van der Waals surface area (Å²) in [6.07, 6.45) is 1.52. The van der Waals surface area contributed by atoms with Crippen LogP contribution in [0.3, 0.4) is 0 Å². The first-order valence-corrected chi connectivity index (χ1v) is 8.11. The molecule has 0 radical (unpaired) electrons. The van der Waals surface area contributed by atoms with Gasteiger partial charge in [0.2, 0.25) is 0 Å². The Morgan fingerprint density at radius 1 is 0.962 bits per heavy atom. The van der Waals surface area contributed by atoms with E-state index in [1.165, 1.54) is 18.2 Å². The molecule has 2 aromatic rings. The molecule has 0 unspecified atom stereocenters. The van der Waals surface area contributed by atoms with Gasteiger partial charge < -0.3 is 9.47 Å². The molecule has 2 aromatic carbocycles. The molecule has 0 spiro atoms. The fraction of sp³-hybridized carbons (Fsp3) is 0.200. The first-order valence-electron chi connectivity index (χ1n) is 8.11. The average Bonchev–Trinajstić information content (AvgIpc) is 2.92. The van der Waals surface area contributed by atoms with Crippen molar-refractivity contribution in [1.29, 1.82) is 0 Å². The van der Waals surface area contributed by atoms with Crippen LogP contribution in [0.15, 0.2) is 42.0 Å². The van der Waals surface area contributed by atoms with Crippen LogP contribution in [0, 0.1) is 13.8 Å². The lowest BCUT2D eigenvalue weighted by atomic mass is 10.1. The maximum atomic E-state index is 12.7. The Kier molecular flexibility index (Phi) is 4.67. The molecule has 0 atom stereocenters. The number of anilines is 1. The van der Waals surface area contributed by atoms with Crippen molar-refractivity contribution in [2.45, 2.75) is 13.8 Å². The Labute approximate surface area is 152 Å². The zero-order valence-electron chi connectivity index (χ0n) is 15.1. The van der Waals surface area contributed by atoms with Gasteiger partial charge in [0.25, 0.3) is 11.8 Å². The second-order valence-corrected chi connectivity index (χ2v) is 6.02. The molecule has 1 saturated heterocycles. The van der Waals surface area contributed by atoms with E-state index in [1.54, 1.807) is 31.4 Å². The smallest absolute Gasteiger partial charge is 0.282 e. The van der Waals surface area contributed by atoms with E-state index in [1.807, 2.05) is 26.0 Å². The van der Waals surface area contributed by atoms with E-state index in [0.717, 1.165) is 11.1 Å². The number of amides is 2. The summed E-state index contributed by atoms with van der Waals surface area (Å²) in [6, 6.07) is 10.8. The average molecular weight is 352 g/mol. The minimum atomic E-state index is -0.453. The largest absolute Gasteiger partial charge is 0.497 e. The standard InChI is InChI=1S/C20H20N2O4/c1-12-5-7-15(9-13(12)2)22-20(24)17(19(23)21-22)10-14-6-8-16(25-3)11-18(14)26-4/h5-11H,1-4H3,(H,21,23)/b17-10+. The van der Waals surface area contributed by atoms with Gasteiger partial charge >= 0.3 is 0 Å². The highest BCUT2D eigenvalue weighted by atomic mass is 16.5. The second-order valence-electron chi connectivity index (χ2n) is 6.02. The van der Waals surface area contributed by atoms with Crippen molar-refractivity contribution in [2.24, 2.45) is 0 Å². The van der Waals surface area contributed by atoms with E-state index in [0.29, 0.717) is 22.7 Å². The van der Waals surface area contributed by atoms with Crippen LogP contribution in [0.5, 0.6) is 11.5 Å². The van der Waals surface area contributed by atoms with Gasteiger partial charge in [-0.2, -0.15) is 0 Å². The Bertz CT molecular complexity index is 918. The van der Waals surface area contributed by atoms with Gasteiger partial charge in [-0.25, -0.2) is 5.01 Å². The third-order valence-electron chi connectivity index (χ3n) is 4.38. The normalized spacial score (nSPS) is 15.4. The van der Waals surface area contributed by atoms with Crippen LogP contribution in [0.2, 0.25) is 0 Å². The summed E-state index contributed by atoms with van der Waals surface area (Å²) >= 11 is 0. The molecule has 0 aliphatic carbocycles. The zero-order valence-corrected chi connectivity index (χ0v) is 15.1. The van der Waals surface area contributed by atoms with Gasteiger partial charge in [0, 0.05) is 11.6 Å². The lowest BCUT2D eigenvalue weighted by molar-refractivity contribution is -0.117. The number of nitrogens with zero attached hydrogens (tertiary/aromatic N) is 1. The Morgan fingerprint density at radius 2 is 1.73 bits per heavy atom. The van der Waals surface area contributed by atoms with Gasteiger partial charge in [-0.1, -0.05) is 6.07 Å². The topological polar surface area (TPSA) is 67.9 Å². The molecule has 3 rings (SSSR count). The second kappa shape index (κ2) is 6.92. The summed E-state index contributed by atoms with van der Waals surface area (Å²) < 4.78 is 10.5. The summed E-state index contributed by atoms with van der Waals surface area (Å²) in [6.45, 7) is 3.95. The highest BCUT2D eigenvalue weighted by Crippen LogP contribution is 2.29. The number of hydrogen-bond donors (Lipinski definition) is 1. The predicted molar refractivity (Wildman–Crippen MR) is 99.1 cm³/mol.